The van der Waals surface area contributed by atoms with E-state index in [0.717, 1.165) is 28.4 Å². The lowest BCUT2D eigenvalue weighted by atomic mass is 10.2. The Bertz CT molecular complexity index is 1010. The van der Waals surface area contributed by atoms with Crippen LogP contribution in [-0.4, -0.2) is 23.5 Å². The van der Waals surface area contributed by atoms with Gasteiger partial charge in [-0.1, -0.05) is 18.2 Å². The number of amides is 1. The van der Waals surface area contributed by atoms with Crippen LogP contribution >= 0.6 is 11.3 Å². The first-order valence-corrected chi connectivity index (χ1v) is 8.80. The molecule has 0 atom stereocenters. The molecule has 0 bridgehead atoms. The lowest BCUT2D eigenvalue weighted by Crippen LogP contribution is -2.20. The van der Waals surface area contributed by atoms with E-state index in [0.29, 0.717) is 5.01 Å². The highest BCUT2D eigenvalue weighted by Gasteiger charge is 2.30. The molecule has 0 saturated heterocycles. The van der Waals surface area contributed by atoms with Crippen molar-refractivity contribution in [3.63, 3.8) is 0 Å². The second kappa shape index (κ2) is 8.22. The standard InChI is InChI=1S/C19H13F3N2O3S/c20-19(21,22)12-4-3-5-13(10-12)23-16(25)11-27-18(26)9-8-17-24-14-6-1-2-7-15(14)28-17/h1-10H,11H2,(H,23,25). The molecule has 3 aromatic rings. The SMILES string of the molecule is O=C(COC(=O)C=Cc1nc2ccccc2s1)Nc1cccc(C(F)(F)F)c1. The van der Waals surface area contributed by atoms with Crippen molar-refractivity contribution in [3.8, 4) is 0 Å². The van der Waals surface area contributed by atoms with E-state index in [1.165, 1.54) is 29.5 Å². The highest BCUT2D eigenvalue weighted by Crippen LogP contribution is 2.30. The van der Waals surface area contributed by atoms with Crippen molar-refractivity contribution in [3.05, 3.63) is 65.2 Å². The molecule has 0 aliphatic heterocycles. The Hall–Kier alpha value is -3.20. The van der Waals surface area contributed by atoms with Crippen molar-refractivity contribution in [2.24, 2.45) is 0 Å². The number of fused-ring (bicyclic) bond motifs is 1. The molecule has 9 heteroatoms. The van der Waals surface area contributed by atoms with Crippen molar-refractivity contribution in [1.29, 1.82) is 0 Å². The number of halogens is 3. The fourth-order valence-electron chi connectivity index (χ4n) is 2.26. The molecule has 0 radical (unpaired) electrons. The summed E-state index contributed by atoms with van der Waals surface area (Å²) < 4.78 is 43.7. The number of hydrogen-bond donors (Lipinski definition) is 1. The minimum absolute atomic E-state index is 0.0408. The maximum Gasteiger partial charge on any atom is 0.416 e. The summed E-state index contributed by atoms with van der Waals surface area (Å²) >= 11 is 1.39. The number of benzene rings is 2. The number of ether oxygens (including phenoxy) is 1. The molecule has 28 heavy (non-hydrogen) atoms. The highest BCUT2D eigenvalue weighted by molar-refractivity contribution is 7.19. The quantitative estimate of drug-likeness (QED) is 0.500. The van der Waals surface area contributed by atoms with Crippen LogP contribution in [0.25, 0.3) is 16.3 Å². The maximum absolute atomic E-state index is 12.7. The Kier molecular flexibility index (Phi) is 5.74. The molecule has 3 rings (SSSR count). The monoisotopic (exact) mass is 406 g/mol. The number of para-hydroxylation sites is 1. The number of thiazole rings is 1. The first kappa shape index (κ1) is 19.6. The summed E-state index contributed by atoms with van der Waals surface area (Å²) in [5, 5.41) is 2.85. The maximum atomic E-state index is 12.7. The van der Waals surface area contributed by atoms with Gasteiger partial charge in [0.05, 0.1) is 15.8 Å². The molecule has 1 N–H and O–H groups in total. The number of esters is 1. The number of aromatic nitrogens is 1. The molecule has 0 spiro atoms. The van der Waals surface area contributed by atoms with E-state index in [1.807, 2.05) is 24.3 Å². The van der Waals surface area contributed by atoms with Crippen molar-refractivity contribution in [1.82, 2.24) is 4.98 Å². The molecule has 1 amide bonds. The number of nitrogens with one attached hydrogen (secondary N) is 1. The Morgan fingerprint density at radius 1 is 1.14 bits per heavy atom. The van der Waals surface area contributed by atoms with E-state index >= 15 is 0 Å². The number of alkyl halides is 3. The summed E-state index contributed by atoms with van der Waals surface area (Å²) in [5.74, 6) is -1.51. The summed E-state index contributed by atoms with van der Waals surface area (Å²) in [6.45, 7) is -0.626. The van der Waals surface area contributed by atoms with E-state index in [1.54, 1.807) is 0 Å². The van der Waals surface area contributed by atoms with Gasteiger partial charge in [-0.25, -0.2) is 9.78 Å². The largest absolute Gasteiger partial charge is 0.452 e. The Balaban J connectivity index is 1.52. The third kappa shape index (κ3) is 5.17. The van der Waals surface area contributed by atoms with Gasteiger partial charge < -0.3 is 10.1 Å². The van der Waals surface area contributed by atoms with Crippen LogP contribution in [0, 0.1) is 0 Å². The molecule has 1 heterocycles. The number of rotatable bonds is 5. The van der Waals surface area contributed by atoms with E-state index < -0.39 is 30.2 Å². The van der Waals surface area contributed by atoms with Crippen molar-refractivity contribution in [2.75, 3.05) is 11.9 Å². The van der Waals surface area contributed by atoms with E-state index in [2.05, 4.69) is 10.3 Å². The third-order valence-corrected chi connectivity index (χ3v) is 4.49. The predicted molar refractivity (Wildman–Crippen MR) is 99.7 cm³/mol. The van der Waals surface area contributed by atoms with E-state index in [9.17, 15) is 22.8 Å². The van der Waals surface area contributed by atoms with Gasteiger partial charge in [0, 0.05) is 11.8 Å². The minimum Gasteiger partial charge on any atom is -0.452 e. The van der Waals surface area contributed by atoms with Crippen molar-refractivity contribution in [2.45, 2.75) is 6.18 Å². The molecule has 0 aliphatic carbocycles. The zero-order chi connectivity index (χ0) is 20.1. The van der Waals surface area contributed by atoms with Crippen LogP contribution < -0.4 is 5.32 Å². The van der Waals surface area contributed by atoms with Gasteiger partial charge in [0.15, 0.2) is 6.61 Å². The number of nitrogens with zero attached hydrogens (tertiary/aromatic N) is 1. The van der Waals surface area contributed by atoms with Gasteiger partial charge in [0.25, 0.3) is 5.91 Å². The average Bonchev–Trinajstić information content (AvgIpc) is 3.07. The van der Waals surface area contributed by atoms with Gasteiger partial charge >= 0.3 is 12.1 Å². The van der Waals surface area contributed by atoms with Crippen LogP contribution in [0.15, 0.2) is 54.6 Å². The first-order valence-electron chi connectivity index (χ1n) is 7.99. The number of anilines is 1. The van der Waals surface area contributed by atoms with Crippen LogP contribution in [0.1, 0.15) is 10.6 Å². The molecule has 2 aromatic carbocycles. The third-order valence-electron chi connectivity index (χ3n) is 3.49. The first-order chi connectivity index (χ1) is 13.3. The van der Waals surface area contributed by atoms with E-state index in [-0.39, 0.29) is 5.69 Å². The Labute approximate surface area is 161 Å². The van der Waals surface area contributed by atoms with Gasteiger partial charge in [-0.2, -0.15) is 13.2 Å². The summed E-state index contributed by atoms with van der Waals surface area (Å²) in [6.07, 6.45) is -1.91. The van der Waals surface area contributed by atoms with Crippen LogP contribution in [-0.2, 0) is 20.5 Å². The zero-order valence-corrected chi connectivity index (χ0v) is 15.0. The molecule has 0 saturated carbocycles. The number of carbonyl (C=O) groups excluding carboxylic acids is 2. The Morgan fingerprint density at radius 3 is 2.68 bits per heavy atom. The summed E-state index contributed by atoms with van der Waals surface area (Å²) in [5.41, 5.74) is -0.122. The van der Waals surface area contributed by atoms with Gasteiger partial charge in [-0.15, -0.1) is 11.3 Å². The lowest BCUT2D eigenvalue weighted by Gasteiger charge is -2.09. The molecule has 0 aliphatic rings. The average molecular weight is 406 g/mol. The van der Waals surface area contributed by atoms with Crippen LogP contribution in [0.2, 0.25) is 0 Å². The van der Waals surface area contributed by atoms with Crippen molar-refractivity contribution >= 4 is 45.2 Å². The molecule has 0 unspecified atom stereocenters. The van der Waals surface area contributed by atoms with Gasteiger partial charge in [-0.05, 0) is 36.4 Å². The van der Waals surface area contributed by atoms with E-state index in [4.69, 9.17) is 4.74 Å². The smallest absolute Gasteiger partial charge is 0.416 e. The van der Waals surface area contributed by atoms with Crippen LogP contribution in [0.4, 0.5) is 18.9 Å². The van der Waals surface area contributed by atoms with Crippen LogP contribution in [0.5, 0.6) is 0 Å². The van der Waals surface area contributed by atoms with Crippen molar-refractivity contribution < 1.29 is 27.5 Å². The molecule has 0 fully saturated rings. The topological polar surface area (TPSA) is 68.3 Å². The lowest BCUT2D eigenvalue weighted by molar-refractivity contribution is -0.142. The Morgan fingerprint density at radius 2 is 1.93 bits per heavy atom. The predicted octanol–water partition coefficient (Wildman–Crippen LogP) is 4.51. The number of hydrogen-bond acceptors (Lipinski definition) is 5. The number of carbonyl (C=O) groups is 2. The second-order valence-corrected chi connectivity index (χ2v) is 6.65. The summed E-state index contributed by atoms with van der Waals surface area (Å²) in [4.78, 5) is 27.8. The van der Waals surface area contributed by atoms with Gasteiger partial charge in [0.1, 0.15) is 5.01 Å². The van der Waals surface area contributed by atoms with Gasteiger partial charge in [-0.3, -0.25) is 4.79 Å². The van der Waals surface area contributed by atoms with Crippen LogP contribution in [0.3, 0.4) is 0 Å². The summed E-state index contributed by atoms with van der Waals surface area (Å²) in [7, 11) is 0. The molecule has 5 nitrogen and oxygen atoms in total. The zero-order valence-electron chi connectivity index (χ0n) is 14.2. The molecular formula is C19H13F3N2O3S. The minimum atomic E-state index is -4.52. The molecule has 1 aromatic heterocycles. The molecule has 144 valence electrons. The fraction of sp³-hybridized carbons (Fsp3) is 0.105. The fourth-order valence-corrected chi connectivity index (χ4v) is 3.13. The molecular weight excluding hydrogens is 393 g/mol. The normalized spacial score (nSPS) is 11.7. The van der Waals surface area contributed by atoms with Gasteiger partial charge in [0.2, 0.25) is 0 Å². The summed E-state index contributed by atoms with van der Waals surface area (Å²) in [6, 6.07) is 11.7. The second-order valence-electron chi connectivity index (χ2n) is 5.59. The highest BCUT2D eigenvalue weighted by atomic mass is 32.1.